The number of ether oxygens (including phenoxy) is 4. The molecule has 4 aromatic carbocycles. The first-order valence-electron chi connectivity index (χ1n) is 21.5. The molecule has 4 heterocycles. The molecule has 1 saturated carbocycles. The molecule has 3 aliphatic heterocycles. The number of nitrogens with one attached hydrogen (secondary N) is 3. The molecule has 1 saturated heterocycles. The number of carbonyl (C=O) groups excluding carboxylic acids is 2. The lowest BCUT2D eigenvalue weighted by atomic mass is 9.86. The molecule has 0 spiro atoms. The Labute approximate surface area is 364 Å². The van der Waals surface area contributed by atoms with Crippen LogP contribution < -0.4 is 20.1 Å². The van der Waals surface area contributed by atoms with Gasteiger partial charge < -0.3 is 65.0 Å². The van der Waals surface area contributed by atoms with E-state index in [9.17, 15) is 35.1 Å². The van der Waals surface area contributed by atoms with Gasteiger partial charge in [0.25, 0.3) is 5.91 Å². The highest BCUT2D eigenvalue weighted by atomic mass is 16.7. The Kier molecular flexibility index (Phi) is 11.8. The van der Waals surface area contributed by atoms with Crippen molar-refractivity contribution in [3.8, 4) is 17.2 Å². The number of aliphatic hydroxyl groups is 4. The van der Waals surface area contributed by atoms with E-state index in [1.165, 1.54) is 12.0 Å². The summed E-state index contributed by atoms with van der Waals surface area (Å²) < 4.78 is 25.3. The molecule has 0 unspecified atom stereocenters. The number of aromatic amines is 1. The number of amides is 1. The maximum absolute atomic E-state index is 14.8. The zero-order valence-corrected chi connectivity index (χ0v) is 35.5. The van der Waals surface area contributed by atoms with Gasteiger partial charge in [0.1, 0.15) is 41.7 Å². The first-order valence-corrected chi connectivity index (χ1v) is 21.5. The van der Waals surface area contributed by atoms with Gasteiger partial charge in [-0.1, -0.05) is 37.1 Å². The van der Waals surface area contributed by atoms with Crippen LogP contribution in [0.1, 0.15) is 91.8 Å². The fourth-order valence-electron chi connectivity index (χ4n) is 9.93. The molecule has 15 nitrogen and oxygen atoms in total. The largest absolute Gasteiger partial charge is 0.506 e. The second-order valence-electron chi connectivity index (χ2n) is 17.1. The summed E-state index contributed by atoms with van der Waals surface area (Å²) in [6, 6.07) is 15.2. The molecule has 1 amide bonds. The number of Topliss-reactive ketones (excluding diaryl/α,β-unsaturated/α-hetero) is 1. The van der Waals surface area contributed by atoms with E-state index in [4.69, 9.17) is 18.9 Å². The number of nitrogens with zero attached hydrogens (tertiary/aromatic N) is 1. The third kappa shape index (κ3) is 7.45. The van der Waals surface area contributed by atoms with Gasteiger partial charge in [-0.2, -0.15) is 0 Å². The lowest BCUT2D eigenvalue weighted by Crippen LogP contribution is -2.69. The lowest BCUT2D eigenvalue weighted by Gasteiger charge is -2.47. The summed E-state index contributed by atoms with van der Waals surface area (Å²) in [5, 5.41) is 65.6. The summed E-state index contributed by atoms with van der Waals surface area (Å²) in [4.78, 5) is 33.4. The van der Waals surface area contributed by atoms with Crippen molar-refractivity contribution in [1.82, 2.24) is 20.5 Å². The van der Waals surface area contributed by atoms with Crippen LogP contribution >= 0.6 is 0 Å². The third-order valence-corrected chi connectivity index (χ3v) is 13.3. The maximum Gasteiger partial charge on any atom is 0.254 e. The number of methoxy groups -OCH3 is 1. The summed E-state index contributed by atoms with van der Waals surface area (Å²) in [6.07, 6.45) is 1.23. The van der Waals surface area contributed by atoms with Crippen molar-refractivity contribution >= 4 is 39.4 Å². The van der Waals surface area contributed by atoms with Crippen LogP contribution in [0.4, 0.5) is 0 Å². The van der Waals surface area contributed by atoms with E-state index in [-0.39, 0.29) is 53.8 Å². The van der Waals surface area contributed by atoms with Crippen molar-refractivity contribution in [3.63, 3.8) is 0 Å². The second-order valence-corrected chi connectivity index (χ2v) is 17.1. The third-order valence-electron chi connectivity index (χ3n) is 13.3. The number of H-pyrrole nitrogens is 1. The molecule has 6 atom stereocenters. The molecule has 2 bridgehead atoms. The number of carbonyl (C=O) groups is 2. The summed E-state index contributed by atoms with van der Waals surface area (Å²) in [7, 11) is 5.18. The van der Waals surface area contributed by atoms with Crippen LogP contribution in [0.2, 0.25) is 0 Å². The van der Waals surface area contributed by atoms with E-state index in [0.29, 0.717) is 35.4 Å². The van der Waals surface area contributed by atoms with Gasteiger partial charge in [-0.3, -0.25) is 9.59 Å². The van der Waals surface area contributed by atoms with Crippen LogP contribution in [0, 0.1) is 0 Å². The fraction of sp³-hybridized carbons (Fsp3) is 0.417. The van der Waals surface area contributed by atoms with E-state index in [2.05, 4.69) is 15.6 Å². The Hall–Kier alpha value is -5.36. The number of hydrogen-bond acceptors (Lipinski definition) is 13. The lowest BCUT2D eigenvalue weighted by molar-refractivity contribution is -0.329. The molecule has 0 radical (unpaired) electrons. The van der Waals surface area contributed by atoms with Crippen molar-refractivity contribution in [2.75, 3.05) is 41.0 Å². The number of fused-ring (bicyclic) bond motifs is 7. The van der Waals surface area contributed by atoms with Crippen molar-refractivity contribution in [2.24, 2.45) is 0 Å². The van der Waals surface area contributed by atoms with Gasteiger partial charge in [0.05, 0.1) is 43.4 Å². The average Bonchev–Trinajstić information content (AvgIpc) is 4.04. The van der Waals surface area contributed by atoms with E-state index in [1.54, 1.807) is 24.3 Å². The molecule has 1 aromatic heterocycles. The SMILES string of the molecule is CNCc1ccc2[nH]cc([C@H]3/C=C/c4c(OC)cc5cc(C6CCCC6)c(C(=O)CN6Cc7c(CNC)cccc7C6=O)c(O)c5c4O[C@H]4O[C@H](CO3)[C@@H](O)[C@H](O)[C@]4(O)CO)c2c1. The van der Waals surface area contributed by atoms with Crippen molar-refractivity contribution in [1.29, 1.82) is 0 Å². The van der Waals surface area contributed by atoms with E-state index in [1.807, 2.05) is 56.7 Å². The Morgan fingerprint density at radius 3 is 2.59 bits per heavy atom. The highest BCUT2D eigenvalue weighted by molar-refractivity contribution is 6.11. The smallest absolute Gasteiger partial charge is 0.254 e. The molecule has 332 valence electrons. The molecular weight excluding hydrogens is 809 g/mol. The summed E-state index contributed by atoms with van der Waals surface area (Å²) >= 11 is 0. The van der Waals surface area contributed by atoms with E-state index in [0.717, 1.165) is 58.8 Å². The standard InChI is InChI=1S/C48H54N4O11/c1-49-18-25-11-13-35-32(15-25)33(20-51-35)37-14-12-30-38(60-3)17-28-16-31(26-7-4-5-8-26)41(36(54)22-52-21-34-27(19-50-2)9-6-10-29(34)46(52)58)43(56)40(28)44(30)63-47-48(59,24-53)45(57)42(55)39(62-47)23-61-37/h6,9-17,20,26,37,39,42,45,47,49-51,53,55-57,59H,4-5,7-8,18-19,21-24H2,1-3H3/b14-12+/t37-,39-,42-,45+,47-,48-/m1/s1. The minimum Gasteiger partial charge on any atom is -0.506 e. The molecule has 1 aliphatic carbocycles. The molecule has 63 heavy (non-hydrogen) atoms. The Morgan fingerprint density at radius 2 is 1.84 bits per heavy atom. The molecule has 2 fully saturated rings. The van der Waals surface area contributed by atoms with E-state index >= 15 is 0 Å². The monoisotopic (exact) mass is 862 g/mol. The number of phenolic OH excluding ortho intramolecular Hbond substituents is 1. The number of hydrogen-bond donors (Lipinski definition) is 8. The Balaban J connectivity index is 1.22. The number of rotatable bonds is 11. The van der Waals surface area contributed by atoms with Crippen LogP contribution in [0.3, 0.4) is 0 Å². The van der Waals surface area contributed by atoms with Crippen molar-refractivity contribution in [2.45, 2.75) is 87.5 Å². The summed E-state index contributed by atoms with van der Waals surface area (Å²) in [5.74, 6) is -0.974. The van der Waals surface area contributed by atoms with E-state index < -0.39 is 54.4 Å². The molecule has 15 heteroatoms. The zero-order chi connectivity index (χ0) is 44.2. The predicted octanol–water partition coefficient (Wildman–Crippen LogP) is 4.30. The molecule has 4 aliphatic rings. The zero-order valence-electron chi connectivity index (χ0n) is 35.5. The number of benzene rings is 4. The van der Waals surface area contributed by atoms with Crippen LogP contribution in [0.15, 0.2) is 60.8 Å². The predicted molar refractivity (Wildman–Crippen MR) is 234 cm³/mol. The van der Waals surface area contributed by atoms with Crippen LogP contribution in [0.25, 0.3) is 27.8 Å². The van der Waals surface area contributed by atoms with Gasteiger partial charge in [0.2, 0.25) is 6.29 Å². The van der Waals surface area contributed by atoms with Crippen molar-refractivity contribution in [3.05, 3.63) is 105 Å². The molecular formula is C48H54N4O11. The Bertz CT molecular complexity index is 2600. The summed E-state index contributed by atoms with van der Waals surface area (Å²) in [5.41, 5.74) is 3.39. The van der Waals surface area contributed by atoms with Crippen LogP contribution in [0.5, 0.6) is 17.2 Å². The number of aliphatic hydroxyl groups excluding tert-OH is 3. The van der Waals surface area contributed by atoms with Crippen LogP contribution in [-0.2, 0) is 29.1 Å². The van der Waals surface area contributed by atoms with Gasteiger partial charge >= 0.3 is 0 Å². The average molecular weight is 863 g/mol. The van der Waals surface area contributed by atoms with Gasteiger partial charge in [0, 0.05) is 47.9 Å². The highest BCUT2D eigenvalue weighted by Crippen LogP contribution is 2.50. The normalized spacial score (nSPS) is 25.5. The van der Waals surface area contributed by atoms with Gasteiger partial charge in [-0.15, -0.1) is 0 Å². The maximum atomic E-state index is 14.8. The van der Waals surface area contributed by atoms with Crippen LogP contribution in [-0.4, -0.2) is 118 Å². The topological polar surface area (TPSA) is 215 Å². The molecule has 9 rings (SSSR count). The summed E-state index contributed by atoms with van der Waals surface area (Å²) in [6.45, 7) is -0.231. The highest BCUT2D eigenvalue weighted by Gasteiger charge is 2.56. The molecule has 8 N–H and O–H groups in total. The van der Waals surface area contributed by atoms with Gasteiger partial charge in [-0.25, -0.2) is 0 Å². The fourth-order valence-corrected chi connectivity index (χ4v) is 9.93. The van der Waals surface area contributed by atoms with Gasteiger partial charge in [-0.05, 0) is 96.9 Å². The first-order chi connectivity index (χ1) is 30.5. The minimum absolute atomic E-state index is 0.0514. The van der Waals surface area contributed by atoms with Crippen molar-refractivity contribution < 1.29 is 54.1 Å². The number of ketones is 1. The Morgan fingerprint density at radius 1 is 1.05 bits per heavy atom. The number of aromatic nitrogens is 1. The number of aromatic hydroxyl groups is 1. The minimum atomic E-state index is -2.56. The number of phenols is 1. The first kappa shape index (κ1) is 42.9. The molecule has 5 aromatic rings. The van der Waals surface area contributed by atoms with Gasteiger partial charge in [0.15, 0.2) is 11.4 Å². The quantitative estimate of drug-likeness (QED) is 0.0871. The second kappa shape index (κ2) is 17.3.